The largest absolute Gasteiger partial charge is 0.550 e. The Morgan fingerprint density at radius 3 is 2.65 bits per heavy atom. The summed E-state index contributed by atoms with van der Waals surface area (Å²) in [6, 6.07) is 1.58. The van der Waals surface area contributed by atoms with Crippen molar-refractivity contribution in [3.05, 3.63) is 29.2 Å². The molecule has 4 atom stereocenters. The first-order valence-corrected chi connectivity index (χ1v) is 8.35. The molecule has 122 valence electrons. The molecule has 7 heteroatoms. The quantitative estimate of drug-likeness (QED) is 0.641. The third-order valence-electron chi connectivity index (χ3n) is 4.43. The highest BCUT2D eigenvalue weighted by molar-refractivity contribution is 7.14. The van der Waals surface area contributed by atoms with Crippen LogP contribution in [0.25, 0.3) is 0 Å². The third kappa shape index (κ3) is 2.76. The highest BCUT2D eigenvalue weighted by Crippen LogP contribution is 2.48. The first-order valence-electron chi connectivity index (χ1n) is 7.47. The number of esters is 1. The van der Waals surface area contributed by atoms with Gasteiger partial charge in [0.2, 0.25) is 5.91 Å². The Bertz CT molecular complexity index is 680. The van der Waals surface area contributed by atoms with Crippen LogP contribution in [0.1, 0.15) is 23.7 Å². The highest BCUT2D eigenvalue weighted by atomic mass is 32.1. The summed E-state index contributed by atoms with van der Waals surface area (Å²) in [5.41, 5.74) is 0.286. The molecule has 3 rings (SSSR count). The van der Waals surface area contributed by atoms with Gasteiger partial charge in [-0.3, -0.25) is 4.79 Å². The minimum atomic E-state index is -1.20. The highest BCUT2D eigenvalue weighted by Gasteiger charge is 2.48. The number of hydrogen-bond acceptors (Lipinski definition) is 6. The zero-order valence-corrected chi connectivity index (χ0v) is 13.3. The summed E-state index contributed by atoms with van der Waals surface area (Å²) in [6.45, 7) is 1.95. The molecule has 23 heavy (non-hydrogen) atoms. The normalized spacial score (nSPS) is 27.9. The predicted octanol–water partition coefficient (Wildman–Crippen LogP) is 1.05. The van der Waals surface area contributed by atoms with Gasteiger partial charge in [0.05, 0.1) is 18.1 Å². The molecule has 2 aliphatic rings. The molecule has 0 spiro atoms. The fraction of sp³-hybridized carbons (Fsp3) is 0.438. The summed E-state index contributed by atoms with van der Waals surface area (Å²) in [4.78, 5) is 35.8. The first-order chi connectivity index (χ1) is 11.0. The lowest BCUT2D eigenvalue weighted by atomic mass is 9.82. The molecule has 1 aromatic heterocycles. The van der Waals surface area contributed by atoms with E-state index in [-0.39, 0.29) is 29.9 Å². The van der Waals surface area contributed by atoms with Crippen LogP contribution in [-0.2, 0) is 14.3 Å². The van der Waals surface area contributed by atoms with Gasteiger partial charge in [-0.05, 0) is 36.6 Å². The number of ether oxygens (including phenoxy) is 1. The van der Waals surface area contributed by atoms with Gasteiger partial charge in [-0.2, -0.15) is 0 Å². The van der Waals surface area contributed by atoms with Gasteiger partial charge in [0.1, 0.15) is 5.00 Å². The van der Waals surface area contributed by atoms with Crippen molar-refractivity contribution in [3.8, 4) is 0 Å². The number of carbonyl (C=O) groups excluding carboxylic acids is 3. The number of fused-ring (bicyclic) bond motifs is 2. The molecule has 1 aromatic rings. The zero-order valence-electron chi connectivity index (χ0n) is 12.5. The first kappa shape index (κ1) is 15.7. The zero-order chi connectivity index (χ0) is 16.6. The van der Waals surface area contributed by atoms with Crippen LogP contribution in [-0.4, -0.2) is 24.5 Å². The maximum Gasteiger partial charge on any atom is 0.341 e. The summed E-state index contributed by atoms with van der Waals surface area (Å²) in [5.74, 6) is -3.79. The molecule has 6 nitrogen and oxygen atoms in total. The number of thiophene rings is 1. The minimum Gasteiger partial charge on any atom is -0.550 e. The number of aliphatic carboxylic acids is 1. The number of carboxylic acids is 1. The van der Waals surface area contributed by atoms with E-state index in [9.17, 15) is 19.5 Å². The smallest absolute Gasteiger partial charge is 0.341 e. The van der Waals surface area contributed by atoms with Crippen LogP contribution >= 0.6 is 11.3 Å². The van der Waals surface area contributed by atoms with E-state index in [4.69, 9.17) is 4.74 Å². The average Bonchev–Trinajstić information content (AvgIpc) is 3.21. The fourth-order valence-corrected chi connectivity index (χ4v) is 4.25. The van der Waals surface area contributed by atoms with Gasteiger partial charge < -0.3 is 20.0 Å². The Kier molecular flexibility index (Phi) is 4.21. The van der Waals surface area contributed by atoms with Crippen molar-refractivity contribution in [2.45, 2.75) is 13.3 Å². The summed E-state index contributed by atoms with van der Waals surface area (Å²) in [6.07, 6.45) is 4.41. The Balaban J connectivity index is 1.78. The van der Waals surface area contributed by atoms with Crippen LogP contribution in [0.4, 0.5) is 5.00 Å². The van der Waals surface area contributed by atoms with Gasteiger partial charge in [0.15, 0.2) is 0 Å². The Morgan fingerprint density at radius 2 is 2.00 bits per heavy atom. The second kappa shape index (κ2) is 6.16. The second-order valence-corrected chi connectivity index (χ2v) is 6.61. The third-order valence-corrected chi connectivity index (χ3v) is 5.26. The lowest BCUT2D eigenvalue weighted by molar-refractivity contribution is -0.313. The van der Waals surface area contributed by atoms with Crippen molar-refractivity contribution in [3.63, 3.8) is 0 Å². The van der Waals surface area contributed by atoms with Gasteiger partial charge in [0, 0.05) is 11.9 Å². The molecule has 1 N–H and O–H groups in total. The summed E-state index contributed by atoms with van der Waals surface area (Å²) >= 11 is 1.21. The van der Waals surface area contributed by atoms with Gasteiger partial charge in [-0.1, -0.05) is 12.2 Å². The van der Waals surface area contributed by atoms with Crippen LogP contribution in [0.15, 0.2) is 23.6 Å². The molecular weight excluding hydrogens is 318 g/mol. The Hall–Kier alpha value is -2.15. The maximum atomic E-state index is 12.6. The number of nitrogens with one attached hydrogen (secondary N) is 1. The van der Waals surface area contributed by atoms with Crippen LogP contribution in [0.5, 0.6) is 0 Å². The topological polar surface area (TPSA) is 95.5 Å². The number of anilines is 1. The molecule has 0 unspecified atom stereocenters. The van der Waals surface area contributed by atoms with E-state index >= 15 is 0 Å². The molecule has 1 fully saturated rings. The lowest BCUT2D eigenvalue weighted by Gasteiger charge is -2.27. The number of carbonyl (C=O) groups is 3. The van der Waals surface area contributed by atoms with Crippen LogP contribution in [0.2, 0.25) is 0 Å². The summed E-state index contributed by atoms with van der Waals surface area (Å²) < 4.78 is 4.94. The average molecular weight is 334 g/mol. The molecule has 2 aliphatic carbocycles. The second-order valence-electron chi connectivity index (χ2n) is 5.69. The minimum absolute atomic E-state index is 0.0890. The molecular formula is C16H16NO5S-. The van der Waals surface area contributed by atoms with Crippen molar-refractivity contribution in [2.24, 2.45) is 23.7 Å². The summed E-state index contributed by atoms with van der Waals surface area (Å²) in [7, 11) is 0. The maximum absolute atomic E-state index is 12.6. The van der Waals surface area contributed by atoms with Crippen molar-refractivity contribution in [1.82, 2.24) is 0 Å². The Labute approximate surface area is 137 Å². The van der Waals surface area contributed by atoms with Crippen molar-refractivity contribution in [1.29, 1.82) is 0 Å². The van der Waals surface area contributed by atoms with Crippen molar-refractivity contribution < 1.29 is 24.2 Å². The fourth-order valence-electron chi connectivity index (χ4n) is 3.47. The van der Waals surface area contributed by atoms with Gasteiger partial charge in [-0.15, -0.1) is 11.3 Å². The lowest BCUT2D eigenvalue weighted by Crippen LogP contribution is -2.42. The predicted molar refractivity (Wildman–Crippen MR) is 81.6 cm³/mol. The molecule has 2 bridgehead atoms. The number of amides is 1. The van der Waals surface area contributed by atoms with Gasteiger partial charge in [-0.25, -0.2) is 4.79 Å². The number of carboxylic acid groups (broad SMARTS) is 1. The van der Waals surface area contributed by atoms with Crippen molar-refractivity contribution in [2.75, 3.05) is 11.9 Å². The van der Waals surface area contributed by atoms with E-state index in [0.29, 0.717) is 11.4 Å². The van der Waals surface area contributed by atoms with E-state index in [0.717, 1.165) is 0 Å². The van der Waals surface area contributed by atoms with E-state index in [1.807, 2.05) is 12.2 Å². The van der Waals surface area contributed by atoms with E-state index in [1.54, 1.807) is 18.4 Å². The molecule has 1 saturated carbocycles. The van der Waals surface area contributed by atoms with E-state index in [1.165, 1.54) is 11.3 Å². The van der Waals surface area contributed by atoms with Crippen molar-refractivity contribution >= 4 is 34.2 Å². The molecule has 0 saturated heterocycles. The molecule has 0 radical (unpaired) electrons. The summed E-state index contributed by atoms with van der Waals surface area (Å²) in [5, 5.41) is 16.1. The molecule has 0 aromatic carbocycles. The van der Waals surface area contributed by atoms with Gasteiger partial charge in [0.25, 0.3) is 0 Å². The monoisotopic (exact) mass is 334 g/mol. The van der Waals surface area contributed by atoms with Crippen LogP contribution in [0.3, 0.4) is 0 Å². The van der Waals surface area contributed by atoms with E-state index < -0.39 is 23.8 Å². The number of hydrogen-bond donors (Lipinski definition) is 1. The molecule has 1 heterocycles. The number of rotatable bonds is 5. The molecule has 0 aliphatic heterocycles. The number of allylic oxidation sites excluding steroid dienone is 2. The van der Waals surface area contributed by atoms with E-state index in [2.05, 4.69) is 5.32 Å². The standard InChI is InChI=1S/C16H17NO5S/c1-2-22-16(21)10-5-6-23-14(10)17-13(18)11-8-3-4-9(7-8)12(11)15(19)20/h3-6,8-9,11-12H,2,7H2,1H3,(H,17,18)(H,19,20)/p-1/t8-,9-,11+,12+/m1/s1. The SMILES string of the molecule is CCOC(=O)c1ccsc1NC(=O)[C@@H]1[C@@H](C(=O)[O-])[C@@H]2C=C[C@@H]1C2. The Morgan fingerprint density at radius 1 is 1.30 bits per heavy atom. The molecule has 1 amide bonds. The van der Waals surface area contributed by atoms with Crippen LogP contribution < -0.4 is 10.4 Å². The van der Waals surface area contributed by atoms with Crippen LogP contribution in [0, 0.1) is 23.7 Å². The van der Waals surface area contributed by atoms with Gasteiger partial charge >= 0.3 is 5.97 Å².